The minimum Gasteiger partial charge on any atom is -0.481 e. The van der Waals surface area contributed by atoms with Crippen LogP contribution in [0.25, 0.3) is 0 Å². The van der Waals surface area contributed by atoms with Gasteiger partial charge in [-0.2, -0.15) is 0 Å². The van der Waals surface area contributed by atoms with Gasteiger partial charge in [0.25, 0.3) is 11.5 Å². The summed E-state index contributed by atoms with van der Waals surface area (Å²) >= 11 is 0. The summed E-state index contributed by atoms with van der Waals surface area (Å²) < 4.78 is 16.7. The number of hydrogen-bond acceptors (Lipinski definition) is 7. The van der Waals surface area contributed by atoms with Gasteiger partial charge in [0.15, 0.2) is 0 Å². The van der Waals surface area contributed by atoms with E-state index in [2.05, 4.69) is 5.32 Å². The van der Waals surface area contributed by atoms with Crippen LogP contribution in [0.5, 0.6) is 0 Å². The fourth-order valence-corrected chi connectivity index (χ4v) is 2.52. The first-order chi connectivity index (χ1) is 15.6. The number of carbonyl (C=O) groups excluding carboxylic acids is 1. The Morgan fingerprint density at radius 2 is 1.50 bits per heavy atom. The summed E-state index contributed by atoms with van der Waals surface area (Å²) in [7, 11) is 0. The highest BCUT2D eigenvalue weighted by molar-refractivity contribution is 5.92. The molecule has 10 heteroatoms. The number of benzene rings is 1. The van der Waals surface area contributed by atoms with Crippen molar-refractivity contribution in [1.29, 1.82) is 0 Å². The lowest BCUT2D eigenvalue weighted by atomic mass is 10.2. The van der Waals surface area contributed by atoms with Crippen LogP contribution in [0.1, 0.15) is 22.5 Å². The predicted octanol–water partition coefficient (Wildman–Crippen LogP) is 0.731. The Morgan fingerprint density at radius 1 is 0.844 bits per heavy atom. The van der Waals surface area contributed by atoms with Crippen LogP contribution < -0.4 is 15.7 Å². The second-order valence-corrected chi connectivity index (χ2v) is 6.54. The lowest BCUT2D eigenvalue weighted by molar-refractivity contribution is -0.138. The van der Waals surface area contributed by atoms with Gasteiger partial charge in [-0.25, -0.2) is 0 Å². The molecule has 0 saturated heterocycles. The molecule has 174 valence electrons. The maximum atomic E-state index is 12.4. The van der Waals surface area contributed by atoms with Crippen LogP contribution in [0.15, 0.2) is 53.3 Å². The lowest BCUT2D eigenvalue weighted by Crippen LogP contribution is -2.36. The van der Waals surface area contributed by atoms with E-state index in [0.717, 1.165) is 10.3 Å². The SMILES string of the molecule is O=C(O)CCOCCOCCOCCNC(=O)c1cccc(=O)n1OCc1ccccc1. The molecule has 32 heavy (non-hydrogen) atoms. The second kappa shape index (κ2) is 14.7. The van der Waals surface area contributed by atoms with E-state index in [9.17, 15) is 14.4 Å². The van der Waals surface area contributed by atoms with Gasteiger partial charge in [-0.3, -0.25) is 14.4 Å². The minimum absolute atomic E-state index is 0.0346. The quantitative estimate of drug-likeness (QED) is 0.360. The summed E-state index contributed by atoms with van der Waals surface area (Å²) in [5, 5.41) is 11.2. The number of hydrogen-bond donors (Lipinski definition) is 2. The Hall–Kier alpha value is -3.21. The molecule has 0 atom stereocenters. The van der Waals surface area contributed by atoms with Crippen molar-refractivity contribution in [2.75, 3.05) is 46.2 Å². The Bertz CT molecular complexity index is 885. The van der Waals surface area contributed by atoms with Crippen molar-refractivity contribution in [2.45, 2.75) is 13.0 Å². The van der Waals surface area contributed by atoms with Crippen molar-refractivity contribution in [1.82, 2.24) is 10.0 Å². The van der Waals surface area contributed by atoms with E-state index in [4.69, 9.17) is 24.2 Å². The predicted molar refractivity (Wildman–Crippen MR) is 114 cm³/mol. The molecule has 0 bridgehead atoms. The summed E-state index contributed by atoms with van der Waals surface area (Å²) in [4.78, 5) is 40.5. The molecule has 0 aliphatic rings. The van der Waals surface area contributed by atoms with Gasteiger partial charge in [-0.15, -0.1) is 4.73 Å². The molecule has 1 heterocycles. The van der Waals surface area contributed by atoms with Crippen LogP contribution >= 0.6 is 0 Å². The Kier molecular flexibility index (Phi) is 11.5. The zero-order valence-corrected chi connectivity index (χ0v) is 17.7. The van der Waals surface area contributed by atoms with E-state index in [1.54, 1.807) is 0 Å². The number of amides is 1. The van der Waals surface area contributed by atoms with E-state index in [1.807, 2.05) is 30.3 Å². The first-order valence-corrected chi connectivity index (χ1v) is 10.2. The van der Waals surface area contributed by atoms with E-state index >= 15 is 0 Å². The number of carboxylic acids is 1. The number of ether oxygens (including phenoxy) is 3. The minimum atomic E-state index is -0.901. The Balaban J connectivity index is 1.62. The van der Waals surface area contributed by atoms with Crippen LogP contribution in [0.4, 0.5) is 0 Å². The molecule has 2 rings (SSSR count). The van der Waals surface area contributed by atoms with Crippen molar-refractivity contribution >= 4 is 11.9 Å². The molecule has 0 unspecified atom stereocenters. The smallest absolute Gasteiger partial charge is 0.305 e. The molecule has 0 fully saturated rings. The lowest BCUT2D eigenvalue weighted by Gasteiger charge is -2.13. The Morgan fingerprint density at radius 3 is 2.19 bits per heavy atom. The van der Waals surface area contributed by atoms with Gasteiger partial charge < -0.3 is 29.5 Å². The highest BCUT2D eigenvalue weighted by Crippen LogP contribution is 2.01. The molecule has 2 N–H and O–H groups in total. The normalized spacial score (nSPS) is 10.6. The van der Waals surface area contributed by atoms with Gasteiger partial charge in [-0.05, 0) is 11.6 Å². The largest absolute Gasteiger partial charge is 0.481 e. The van der Waals surface area contributed by atoms with Crippen LogP contribution in [0.3, 0.4) is 0 Å². The summed E-state index contributed by atoms with van der Waals surface area (Å²) in [6.07, 6.45) is -0.0346. The van der Waals surface area contributed by atoms with Crippen LogP contribution in [0, 0.1) is 0 Å². The summed E-state index contributed by atoms with van der Waals surface area (Å²) in [6.45, 7) is 2.16. The van der Waals surface area contributed by atoms with E-state index in [1.165, 1.54) is 18.2 Å². The molecule has 0 radical (unpaired) electrons. The van der Waals surface area contributed by atoms with Crippen LogP contribution in [-0.4, -0.2) is 67.9 Å². The van der Waals surface area contributed by atoms with Crippen LogP contribution in [0.2, 0.25) is 0 Å². The topological polar surface area (TPSA) is 125 Å². The molecular formula is C22H28N2O8. The van der Waals surface area contributed by atoms with Crippen LogP contribution in [-0.2, 0) is 25.6 Å². The maximum Gasteiger partial charge on any atom is 0.305 e. The number of nitrogens with one attached hydrogen (secondary N) is 1. The molecule has 10 nitrogen and oxygen atoms in total. The number of carbonyl (C=O) groups is 2. The van der Waals surface area contributed by atoms with Crippen molar-refractivity contribution in [2.24, 2.45) is 0 Å². The first kappa shape index (κ1) is 25.1. The number of aromatic nitrogens is 1. The third kappa shape index (κ3) is 9.73. The number of carboxylic acid groups (broad SMARTS) is 1. The molecule has 1 aromatic heterocycles. The molecular weight excluding hydrogens is 420 g/mol. The van der Waals surface area contributed by atoms with Crippen molar-refractivity contribution in [3.05, 3.63) is 70.1 Å². The third-order valence-corrected chi connectivity index (χ3v) is 4.08. The standard InChI is InChI=1S/C22H28N2O8/c25-20-8-4-7-19(24(20)32-17-18-5-2-1-3-6-18)22(28)23-10-12-30-14-16-31-15-13-29-11-9-21(26)27/h1-8H,9-17H2,(H,23,28)(H,26,27). The van der Waals surface area contributed by atoms with E-state index in [-0.39, 0.29) is 38.5 Å². The summed E-state index contributed by atoms with van der Waals surface area (Å²) in [6, 6.07) is 13.7. The number of aliphatic carboxylic acids is 1. The fraction of sp³-hybridized carbons (Fsp3) is 0.409. The van der Waals surface area contributed by atoms with Gasteiger partial charge in [0.2, 0.25) is 0 Å². The molecule has 0 spiro atoms. The zero-order valence-electron chi connectivity index (χ0n) is 17.7. The molecule has 2 aromatic rings. The number of nitrogens with zero attached hydrogens (tertiary/aromatic N) is 1. The number of rotatable bonds is 16. The average molecular weight is 448 g/mol. The maximum absolute atomic E-state index is 12.4. The highest BCUT2D eigenvalue weighted by Gasteiger charge is 2.13. The molecule has 1 amide bonds. The van der Waals surface area contributed by atoms with Gasteiger partial charge in [-0.1, -0.05) is 36.4 Å². The highest BCUT2D eigenvalue weighted by atomic mass is 16.7. The molecule has 0 saturated carbocycles. The van der Waals surface area contributed by atoms with Gasteiger partial charge >= 0.3 is 5.97 Å². The number of pyridine rings is 1. The van der Waals surface area contributed by atoms with Crippen molar-refractivity contribution < 1.29 is 33.7 Å². The third-order valence-electron chi connectivity index (χ3n) is 4.08. The second-order valence-electron chi connectivity index (χ2n) is 6.54. The summed E-state index contributed by atoms with van der Waals surface area (Å²) in [5.41, 5.74) is 0.533. The fourth-order valence-electron chi connectivity index (χ4n) is 2.52. The Labute approximate surface area is 185 Å². The van der Waals surface area contributed by atoms with Gasteiger partial charge in [0.05, 0.1) is 46.1 Å². The monoisotopic (exact) mass is 448 g/mol. The van der Waals surface area contributed by atoms with Crippen molar-refractivity contribution in [3.8, 4) is 0 Å². The molecule has 1 aromatic carbocycles. The van der Waals surface area contributed by atoms with E-state index < -0.39 is 17.4 Å². The zero-order chi connectivity index (χ0) is 23.0. The molecule has 0 aliphatic heterocycles. The van der Waals surface area contributed by atoms with E-state index in [0.29, 0.717) is 26.4 Å². The van der Waals surface area contributed by atoms with Gasteiger partial charge in [0, 0.05) is 12.6 Å². The van der Waals surface area contributed by atoms with Crippen molar-refractivity contribution in [3.63, 3.8) is 0 Å². The average Bonchev–Trinajstić information content (AvgIpc) is 2.79. The first-order valence-electron chi connectivity index (χ1n) is 10.2. The van der Waals surface area contributed by atoms with Gasteiger partial charge in [0.1, 0.15) is 12.3 Å². The summed E-state index contributed by atoms with van der Waals surface area (Å²) in [5.74, 6) is -1.35. The molecule has 0 aliphatic carbocycles.